The van der Waals surface area contributed by atoms with Crippen molar-refractivity contribution in [1.29, 1.82) is 0 Å². The first-order valence-electron chi connectivity index (χ1n) is 7.69. The summed E-state index contributed by atoms with van der Waals surface area (Å²) in [4.78, 5) is 35.0. The van der Waals surface area contributed by atoms with Gasteiger partial charge in [0.15, 0.2) is 0 Å². The molecule has 0 spiro atoms. The van der Waals surface area contributed by atoms with Gasteiger partial charge in [-0.2, -0.15) is 0 Å². The second kappa shape index (κ2) is 8.61. The largest absolute Gasteiger partial charge is 0.465 e. The minimum atomic E-state index is -0.834. The number of aryl methyl sites for hydroxylation is 1. The molecule has 0 unspecified atom stereocenters. The third kappa shape index (κ3) is 5.04. The number of anilines is 2. The molecule has 0 radical (unpaired) electrons. The number of hydrogen-bond acceptors (Lipinski definition) is 5. The van der Waals surface area contributed by atoms with Crippen molar-refractivity contribution in [3.8, 4) is 0 Å². The van der Waals surface area contributed by atoms with Gasteiger partial charge < -0.3 is 15.4 Å². The molecule has 0 atom stereocenters. The van der Waals surface area contributed by atoms with Crippen molar-refractivity contribution in [2.24, 2.45) is 0 Å². The van der Waals surface area contributed by atoms with Gasteiger partial charge in [-0.15, -0.1) is 0 Å². The van der Waals surface area contributed by atoms with Gasteiger partial charge in [0.25, 0.3) is 0 Å². The maximum Gasteiger partial charge on any atom is 0.337 e. The van der Waals surface area contributed by atoms with Crippen LogP contribution in [0.3, 0.4) is 0 Å². The molecule has 2 aromatic carbocycles. The number of halogens is 1. The molecule has 0 aliphatic carbocycles. The maximum atomic E-state index is 13.4. The van der Waals surface area contributed by atoms with Gasteiger partial charge in [0, 0.05) is 5.69 Å². The van der Waals surface area contributed by atoms with E-state index in [1.165, 1.54) is 25.3 Å². The monoisotopic (exact) mass is 359 g/mol. The van der Waals surface area contributed by atoms with E-state index < -0.39 is 23.7 Å². The molecular formula is C18H18FN3O4. The van der Waals surface area contributed by atoms with E-state index in [4.69, 9.17) is 0 Å². The fourth-order valence-corrected chi connectivity index (χ4v) is 2.17. The number of imide groups is 1. The number of methoxy groups -OCH3 is 1. The first kappa shape index (κ1) is 18.9. The number of urea groups is 1. The van der Waals surface area contributed by atoms with E-state index in [0.29, 0.717) is 11.3 Å². The van der Waals surface area contributed by atoms with E-state index in [1.54, 1.807) is 31.2 Å². The lowest BCUT2D eigenvalue weighted by Crippen LogP contribution is -2.38. The van der Waals surface area contributed by atoms with E-state index in [9.17, 15) is 18.8 Å². The molecule has 2 rings (SSSR count). The van der Waals surface area contributed by atoms with Crippen LogP contribution < -0.4 is 16.0 Å². The van der Waals surface area contributed by atoms with Crippen molar-refractivity contribution < 1.29 is 23.5 Å². The smallest absolute Gasteiger partial charge is 0.337 e. The molecule has 0 saturated heterocycles. The van der Waals surface area contributed by atoms with Crippen molar-refractivity contribution in [1.82, 2.24) is 5.32 Å². The van der Waals surface area contributed by atoms with Crippen LogP contribution in [-0.4, -0.2) is 31.6 Å². The average molecular weight is 359 g/mol. The van der Waals surface area contributed by atoms with E-state index >= 15 is 0 Å². The third-order valence-corrected chi connectivity index (χ3v) is 3.46. The summed E-state index contributed by atoms with van der Waals surface area (Å²) >= 11 is 0. The van der Waals surface area contributed by atoms with E-state index in [2.05, 4.69) is 20.7 Å². The Balaban J connectivity index is 1.87. The maximum absolute atomic E-state index is 13.4. The zero-order valence-electron chi connectivity index (χ0n) is 14.3. The van der Waals surface area contributed by atoms with Crippen LogP contribution >= 0.6 is 0 Å². The number of esters is 1. The molecule has 0 fully saturated rings. The molecule has 0 aliphatic heterocycles. The Bertz CT molecular complexity index is 839. The highest BCUT2D eigenvalue weighted by Crippen LogP contribution is 2.17. The minimum Gasteiger partial charge on any atom is -0.465 e. The van der Waals surface area contributed by atoms with Crippen LogP contribution in [0.5, 0.6) is 0 Å². The Morgan fingerprint density at radius 3 is 2.46 bits per heavy atom. The topological polar surface area (TPSA) is 96.5 Å². The predicted molar refractivity (Wildman–Crippen MR) is 94.6 cm³/mol. The normalized spacial score (nSPS) is 9.96. The Morgan fingerprint density at radius 2 is 1.81 bits per heavy atom. The molecule has 0 heterocycles. The summed E-state index contributed by atoms with van der Waals surface area (Å²) in [5.41, 5.74) is 1.73. The number of rotatable bonds is 5. The number of hydrogen-bond donors (Lipinski definition) is 3. The Kier molecular flexibility index (Phi) is 6.26. The summed E-state index contributed by atoms with van der Waals surface area (Å²) in [6.07, 6.45) is 0. The fraction of sp³-hybridized carbons (Fsp3) is 0.167. The molecule has 2 aromatic rings. The van der Waals surface area contributed by atoms with Gasteiger partial charge in [-0.1, -0.05) is 12.1 Å². The molecule has 26 heavy (non-hydrogen) atoms. The van der Waals surface area contributed by atoms with Crippen LogP contribution in [0.25, 0.3) is 0 Å². The van der Waals surface area contributed by atoms with Gasteiger partial charge in [0.2, 0.25) is 5.91 Å². The lowest BCUT2D eigenvalue weighted by Gasteiger charge is -2.11. The summed E-state index contributed by atoms with van der Waals surface area (Å²) in [6, 6.07) is 9.60. The second-order valence-electron chi connectivity index (χ2n) is 5.36. The zero-order valence-corrected chi connectivity index (χ0v) is 14.3. The first-order valence-corrected chi connectivity index (χ1v) is 7.69. The number of benzene rings is 2. The fourth-order valence-electron chi connectivity index (χ4n) is 2.17. The van der Waals surface area contributed by atoms with Crippen molar-refractivity contribution in [3.63, 3.8) is 0 Å². The number of carbonyl (C=O) groups excluding carboxylic acids is 3. The van der Waals surface area contributed by atoms with Crippen molar-refractivity contribution in [2.45, 2.75) is 6.92 Å². The summed E-state index contributed by atoms with van der Waals surface area (Å²) < 4.78 is 18.1. The van der Waals surface area contributed by atoms with E-state index in [1.807, 2.05) is 0 Å². The molecule has 0 aliphatic rings. The van der Waals surface area contributed by atoms with Crippen LogP contribution in [0.15, 0.2) is 42.5 Å². The minimum absolute atomic E-state index is 0.0278. The van der Waals surface area contributed by atoms with Crippen LogP contribution in [0.4, 0.5) is 20.6 Å². The average Bonchev–Trinajstić information content (AvgIpc) is 2.61. The van der Waals surface area contributed by atoms with Gasteiger partial charge in [-0.3, -0.25) is 10.1 Å². The molecule has 7 nitrogen and oxygen atoms in total. The van der Waals surface area contributed by atoms with Crippen LogP contribution in [-0.2, 0) is 9.53 Å². The van der Waals surface area contributed by atoms with Crippen molar-refractivity contribution in [3.05, 3.63) is 59.4 Å². The predicted octanol–water partition coefficient (Wildman–Crippen LogP) is 2.68. The number of para-hydroxylation sites is 1. The lowest BCUT2D eigenvalue weighted by molar-refractivity contribution is -0.118. The number of ether oxygens (including phenoxy) is 1. The van der Waals surface area contributed by atoms with Gasteiger partial charge >= 0.3 is 12.0 Å². The third-order valence-electron chi connectivity index (χ3n) is 3.46. The standard InChI is InChI=1S/C18H18FN3O4/c1-11-9-12(17(24)26-2)7-8-14(11)20-10-16(23)22-18(25)21-15-6-4-3-5-13(15)19/h3-9,20H,10H2,1-2H3,(H2,21,22,23,25). The molecule has 0 bridgehead atoms. The van der Waals surface area contributed by atoms with Gasteiger partial charge in [-0.25, -0.2) is 14.0 Å². The number of nitrogens with one attached hydrogen (secondary N) is 3. The number of carbonyl (C=O) groups is 3. The summed E-state index contributed by atoms with van der Waals surface area (Å²) in [6.45, 7) is 1.58. The first-order chi connectivity index (χ1) is 12.4. The van der Waals surface area contributed by atoms with Gasteiger partial charge in [0.1, 0.15) is 5.82 Å². The zero-order chi connectivity index (χ0) is 19.1. The second-order valence-corrected chi connectivity index (χ2v) is 5.36. The molecule has 3 amide bonds. The van der Waals surface area contributed by atoms with Crippen LogP contribution in [0, 0.1) is 12.7 Å². The molecule has 3 N–H and O–H groups in total. The summed E-state index contributed by atoms with van der Waals surface area (Å²) in [5, 5.41) is 7.20. The van der Waals surface area contributed by atoms with Crippen molar-refractivity contribution >= 4 is 29.3 Å². The Morgan fingerprint density at radius 1 is 1.08 bits per heavy atom. The molecule has 136 valence electrons. The highest BCUT2D eigenvalue weighted by atomic mass is 19.1. The molecule has 8 heteroatoms. The SMILES string of the molecule is COC(=O)c1ccc(NCC(=O)NC(=O)Nc2ccccc2F)c(C)c1. The Hall–Kier alpha value is -3.42. The highest BCUT2D eigenvalue weighted by Gasteiger charge is 2.11. The van der Waals surface area contributed by atoms with Crippen molar-refractivity contribution in [2.75, 3.05) is 24.3 Å². The van der Waals surface area contributed by atoms with Gasteiger partial charge in [0.05, 0.1) is 24.9 Å². The van der Waals surface area contributed by atoms with Gasteiger partial charge in [-0.05, 0) is 42.8 Å². The molecule has 0 aromatic heterocycles. The Labute approximate surface area is 149 Å². The van der Waals surface area contributed by atoms with Crippen LogP contribution in [0.1, 0.15) is 15.9 Å². The number of amides is 3. The van der Waals surface area contributed by atoms with E-state index in [-0.39, 0.29) is 12.2 Å². The summed E-state index contributed by atoms with van der Waals surface area (Å²) in [7, 11) is 1.29. The highest BCUT2D eigenvalue weighted by molar-refractivity contribution is 6.02. The lowest BCUT2D eigenvalue weighted by atomic mass is 10.1. The molecule has 0 saturated carbocycles. The van der Waals surface area contributed by atoms with E-state index in [0.717, 1.165) is 5.56 Å². The van der Waals surface area contributed by atoms with Crippen LogP contribution in [0.2, 0.25) is 0 Å². The quantitative estimate of drug-likeness (QED) is 0.713. The molecular weight excluding hydrogens is 341 g/mol. The summed E-state index contributed by atoms with van der Waals surface area (Å²) in [5.74, 6) is -1.66.